The van der Waals surface area contributed by atoms with Crippen LogP contribution in [0.15, 0.2) is 54.6 Å². The predicted molar refractivity (Wildman–Crippen MR) is 127 cm³/mol. The van der Waals surface area contributed by atoms with Crippen LogP contribution in [0.25, 0.3) is 0 Å². The number of carbonyl (C=O) groups is 2. The third kappa shape index (κ3) is 3.29. The van der Waals surface area contributed by atoms with Gasteiger partial charge in [0.05, 0.1) is 5.41 Å². The van der Waals surface area contributed by atoms with E-state index in [1.807, 2.05) is 36.4 Å². The van der Waals surface area contributed by atoms with Crippen LogP contribution in [0.3, 0.4) is 0 Å². The van der Waals surface area contributed by atoms with Crippen LogP contribution in [0.5, 0.6) is 0 Å². The maximum atomic E-state index is 14.2. The lowest BCUT2D eigenvalue weighted by Gasteiger charge is -2.38. The molecule has 1 aliphatic carbocycles. The van der Waals surface area contributed by atoms with Crippen LogP contribution in [-0.4, -0.2) is 40.8 Å². The van der Waals surface area contributed by atoms with Crippen molar-refractivity contribution in [3.8, 4) is 0 Å². The fourth-order valence-corrected chi connectivity index (χ4v) is 6.22. The summed E-state index contributed by atoms with van der Waals surface area (Å²) < 4.78 is 0. The summed E-state index contributed by atoms with van der Waals surface area (Å²) in [5, 5.41) is 6.67. The smallest absolute Gasteiger partial charge is 0.270 e. The zero-order chi connectivity index (χ0) is 22.2. The molecule has 2 heterocycles. The van der Waals surface area contributed by atoms with Crippen LogP contribution >= 0.6 is 11.6 Å². The molecule has 2 fully saturated rings. The van der Waals surface area contributed by atoms with Gasteiger partial charge in [-0.05, 0) is 36.5 Å². The van der Waals surface area contributed by atoms with Crippen LogP contribution in [0, 0.1) is 0 Å². The Labute approximate surface area is 194 Å². The first kappa shape index (κ1) is 21.3. The number of fused-ring (bicyclic) bond motifs is 3. The third-order valence-electron chi connectivity index (χ3n) is 7.52. The number of anilines is 1. The molecule has 1 saturated carbocycles. The monoisotopic (exact) mass is 451 g/mol. The second-order valence-electron chi connectivity index (χ2n) is 9.38. The Morgan fingerprint density at radius 2 is 1.78 bits per heavy atom. The molecule has 5 rings (SSSR count). The second-order valence-corrected chi connectivity index (χ2v) is 9.76. The highest BCUT2D eigenvalue weighted by Gasteiger charge is 2.69. The Morgan fingerprint density at radius 3 is 2.53 bits per heavy atom. The Hall–Kier alpha value is -2.53. The number of hydrogen-bond donors (Lipinski definition) is 2. The van der Waals surface area contributed by atoms with Crippen LogP contribution in [0.1, 0.15) is 49.7 Å². The molecule has 2 N–H and O–H groups in total. The molecule has 168 valence electrons. The third-order valence-corrected chi connectivity index (χ3v) is 7.71. The molecular formula is C26H30ClN3O2. The molecule has 2 amide bonds. The number of para-hydroxylation sites is 1. The zero-order valence-electron chi connectivity index (χ0n) is 18.3. The lowest BCUT2D eigenvalue weighted by Crippen LogP contribution is -2.67. The quantitative estimate of drug-likeness (QED) is 0.647. The van der Waals surface area contributed by atoms with E-state index in [0.717, 1.165) is 42.5 Å². The molecule has 0 radical (unpaired) electrons. The fourth-order valence-electron chi connectivity index (χ4n) is 6.05. The summed E-state index contributed by atoms with van der Waals surface area (Å²) in [5.41, 5.74) is 1.38. The van der Waals surface area contributed by atoms with E-state index in [-0.39, 0.29) is 30.2 Å². The van der Waals surface area contributed by atoms with E-state index in [1.54, 1.807) is 0 Å². The number of carbonyl (C=O) groups excluding carboxylic acids is 2. The fraction of sp³-hybridized carbons (Fsp3) is 0.462. The van der Waals surface area contributed by atoms with Crippen molar-refractivity contribution >= 4 is 29.1 Å². The number of likely N-dealkylation sites (tertiary alicyclic amines) is 1. The first-order valence-electron chi connectivity index (χ1n) is 11.7. The lowest BCUT2D eigenvalue weighted by atomic mass is 9.70. The van der Waals surface area contributed by atoms with Crippen LogP contribution in [0.4, 0.5) is 5.69 Å². The average molecular weight is 452 g/mol. The molecule has 0 bridgehead atoms. The second kappa shape index (κ2) is 8.43. The number of rotatable bonds is 6. The van der Waals surface area contributed by atoms with E-state index < -0.39 is 11.1 Å². The summed E-state index contributed by atoms with van der Waals surface area (Å²) in [6.07, 6.45) is 6.42. The van der Waals surface area contributed by atoms with E-state index in [0.29, 0.717) is 13.0 Å². The Kier molecular flexibility index (Phi) is 5.62. The predicted octanol–water partition coefficient (Wildman–Crippen LogP) is 4.21. The molecule has 2 unspecified atom stereocenters. The highest BCUT2D eigenvalue weighted by atomic mass is 35.5. The minimum atomic E-state index is -1.20. The minimum absolute atomic E-state index is 0.0144. The summed E-state index contributed by atoms with van der Waals surface area (Å²) >= 11 is 5.89. The largest absolute Gasteiger partial charge is 0.354 e. The molecular weight excluding hydrogens is 422 g/mol. The molecule has 2 aromatic carbocycles. The minimum Gasteiger partial charge on any atom is -0.354 e. The first-order valence-corrected chi connectivity index (χ1v) is 12.2. The van der Waals surface area contributed by atoms with Gasteiger partial charge in [0.25, 0.3) is 5.91 Å². The van der Waals surface area contributed by atoms with E-state index in [4.69, 9.17) is 11.6 Å². The Bertz CT molecular complexity index is 1010. The summed E-state index contributed by atoms with van der Waals surface area (Å²) in [6.45, 7) is 0.594. The number of benzene rings is 2. The Morgan fingerprint density at radius 1 is 1.06 bits per heavy atom. The van der Waals surface area contributed by atoms with Crippen LogP contribution in [0.2, 0.25) is 0 Å². The molecule has 5 nitrogen and oxygen atoms in total. The highest BCUT2D eigenvalue weighted by Crippen LogP contribution is 2.54. The maximum Gasteiger partial charge on any atom is 0.270 e. The molecule has 1 saturated heterocycles. The van der Waals surface area contributed by atoms with Gasteiger partial charge in [0, 0.05) is 30.6 Å². The lowest BCUT2D eigenvalue weighted by molar-refractivity contribution is -0.138. The van der Waals surface area contributed by atoms with E-state index in [2.05, 4.69) is 33.7 Å². The maximum absolute atomic E-state index is 14.2. The molecule has 6 heteroatoms. The van der Waals surface area contributed by atoms with Gasteiger partial charge in [-0.15, -0.1) is 11.6 Å². The van der Waals surface area contributed by atoms with Gasteiger partial charge in [0.2, 0.25) is 11.6 Å². The van der Waals surface area contributed by atoms with Crippen molar-refractivity contribution in [3.05, 3.63) is 65.7 Å². The van der Waals surface area contributed by atoms with Crippen molar-refractivity contribution in [1.82, 2.24) is 10.2 Å². The molecule has 3 aliphatic rings. The van der Waals surface area contributed by atoms with Gasteiger partial charge in [-0.1, -0.05) is 67.8 Å². The van der Waals surface area contributed by atoms with Gasteiger partial charge in [-0.25, -0.2) is 0 Å². The van der Waals surface area contributed by atoms with Gasteiger partial charge in [0.1, 0.15) is 0 Å². The number of hydrogen-bond acceptors (Lipinski definition) is 3. The number of alkyl halides is 1. The van der Waals surface area contributed by atoms with Crippen molar-refractivity contribution in [3.63, 3.8) is 0 Å². The van der Waals surface area contributed by atoms with Crippen molar-refractivity contribution in [2.24, 2.45) is 0 Å². The highest BCUT2D eigenvalue weighted by molar-refractivity contribution is 6.19. The normalized spacial score (nSPS) is 27.0. The SMILES string of the molecule is O=C(CCCl)NC12Nc3ccccc3C1(Cc1ccccc1)CN(C1CCCCC1)C2=O. The Balaban J connectivity index is 1.64. The van der Waals surface area contributed by atoms with Gasteiger partial charge in [-0.2, -0.15) is 0 Å². The van der Waals surface area contributed by atoms with Crippen LogP contribution < -0.4 is 10.6 Å². The van der Waals surface area contributed by atoms with Crippen LogP contribution in [-0.2, 0) is 21.4 Å². The summed E-state index contributed by atoms with van der Waals surface area (Å²) in [7, 11) is 0. The molecule has 0 aromatic heterocycles. The standard InChI is InChI=1S/C26H30ClN3O2/c27-16-15-23(31)29-26-24(32)30(20-11-5-2-6-12-20)18-25(26,17-19-9-3-1-4-10-19)21-13-7-8-14-22(21)28-26/h1,3-4,7-10,13-14,20,28H,2,5-6,11-12,15-18H2,(H,29,31). The van der Waals surface area contributed by atoms with E-state index in [9.17, 15) is 9.59 Å². The van der Waals surface area contributed by atoms with Gasteiger partial charge >= 0.3 is 0 Å². The molecule has 0 spiro atoms. The van der Waals surface area contributed by atoms with Crippen molar-refractivity contribution in [1.29, 1.82) is 0 Å². The van der Waals surface area contributed by atoms with Gasteiger partial charge in [-0.3, -0.25) is 9.59 Å². The molecule has 32 heavy (non-hydrogen) atoms. The first-order chi connectivity index (χ1) is 15.6. The molecule has 2 atom stereocenters. The molecule has 2 aromatic rings. The van der Waals surface area contributed by atoms with E-state index >= 15 is 0 Å². The number of halogens is 1. The summed E-state index contributed by atoms with van der Waals surface area (Å²) in [4.78, 5) is 29.2. The average Bonchev–Trinajstić information content (AvgIpc) is 3.20. The van der Waals surface area contributed by atoms with Crippen molar-refractivity contribution in [2.75, 3.05) is 17.7 Å². The topological polar surface area (TPSA) is 61.4 Å². The van der Waals surface area contributed by atoms with Crippen molar-refractivity contribution in [2.45, 2.75) is 62.1 Å². The van der Waals surface area contributed by atoms with E-state index in [1.165, 1.54) is 6.42 Å². The van der Waals surface area contributed by atoms with Gasteiger partial charge < -0.3 is 15.5 Å². The van der Waals surface area contributed by atoms with Crippen molar-refractivity contribution < 1.29 is 9.59 Å². The summed E-state index contributed by atoms with van der Waals surface area (Å²) in [6, 6.07) is 18.6. The van der Waals surface area contributed by atoms with Gasteiger partial charge in [0.15, 0.2) is 0 Å². The molecule has 2 aliphatic heterocycles. The number of nitrogens with zero attached hydrogens (tertiary/aromatic N) is 1. The zero-order valence-corrected chi connectivity index (χ0v) is 19.0. The number of nitrogens with one attached hydrogen (secondary N) is 2. The number of amides is 2. The summed E-state index contributed by atoms with van der Waals surface area (Å²) in [5.74, 6) is 0.0113.